The van der Waals surface area contributed by atoms with E-state index in [1.165, 1.54) is 0 Å². The summed E-state index contributed by atoms with van der Waals surface area (Å²) < 4.78 is 0. The molecule has 0 aliphatic carbocycles. The minimum absolute atomic E-state index is 0. The number of hydrogen-bond acceptors (Lipinski definition) is 0. The normalized spacial score (nSPS) is 0. The Morgan fingerprint density at radius 2 is 0.333 bits per heavy atom. The molecule has 0 aliphatic heterocycles. The van der Waals surface area contributed by atoms with Crippen molar-refractivity contribution in [3.8, 4) is 0 Å². The number of hydrogen-bond donors (Lipinski definition) is 0. The van der Waals surface area contributed by atoms with Gasteiger partial charge in [0.15, 0.2) is 0 Å². The van der Waals surface area contributed by atoms with E-state index in [0.29, 0.717) is 0 Å². The fraction of sp³-hybridized carbons (Fsp3) is 0. The second-order valence-electron chi connectivity index (χ2n) is 0. The second-order valence-corrected chi connectivity index (χ2v) is 0. The van der Waals surface area contributed by atoms with Gasteiger partial charge in [0.25, 0.3) is 0 Å². The van der Waals surface area contributed by atoms with Crippen LogP contribution in [0.1, 0.15) is 0 Å². The van der Waals surface area contributed by atoms with Crippen LogP contribution in [0, 0.1) is 0 Å². The van der Waals surface area contributed by atoms with Crippen molar-refractivity contribution >= 4 is 13.5 Å². The third-order valence-electron chi connectivity index (χ3n) is 0. The van der Waals surface area contributed by atoms with Gasteiger partial charge in [0.1, 0.15) is 0 Å². The van der Waals surface area contributed by atoms with E-state index in [-0.39, 0.29) is 161 Å². The quantitative estimate of drug-likeness (QED) is 0.298. The fourth-order valence-electron chi connectivity index (χ4n) is 0. The standard InChI is InChI=1S/5Na.S/q5*+1;-5. The van der Waals surface area contributed by atoms with Crippen LogP contribution in [0.4, 0.5) is 0 Å². The van der Waals surface area contributed by atoms with Crippen molar-refractivity contribution in [2.45, 2.75) is 0 Å². The first-order valence-corrected chi connectivity index (χ1v) is 0. The Labute approximate surface area is 157 Å². The molecule has 0 aromatic rings. The molecule has 0 aromatic heterocycles. The molecular formula is Na5S. The van der Waals surface area contributed by atoms with Crippen molar-refractivity contribution in [1.29, 1.82) is 0 Å². The van der Waals surface area contributed by atoms with Crippen molar-refractivity contribution in [2.75, 3.05) is 0 Å². The van der Waals surface area contributed by atoms with E-state index in [1.54, 1.807) is 0 Å². The van der Waals surface area contributed by atoms with Gasteiger partial charge in [-0.3, -0.25) is 0 Å². The van der Waals surface area contributed by atoms with Crippen molar-refractivity contribution in [3.63, 3.8) is 0 Å². The fourth-order valence-corrected chi connectivity index (χ4v) is 0. The Morgan fingerprint density at radius 1 is 0.333 bits per heavy atom. The summed E-state index contributed by atoms with van der Waals surface area (Å²) in [7, 11) is 0. The Kier molecular flexibility index (Phi) is 224. The van der Waals surface area contributed by atoms with E-state index in [9.17, 15) is 0 Å². The first kappa shape index (κ1) is 42.5. The van der Waals surface area contributed by atoms with Crippen LogP contribution in [-0.4, -0.2) is 0 Å². The maximum atomic E-state index is 0. The zero-order valence-electron chi connectivity index (χ0n) is 5.41. The van der Waals surface area contributed by atoms with Crippen molar-refractivity contribution in [1.82, 2.24) is 0 Å². The van der Waals surface area contributed by atoms with Crippen LogP contribution in [0.2, 0.25) is 0 Å². The van der Waals surface area contributed by atoms with Gasteiger partial charge in [-0.05, 0) is 0 Å². The zero-order chi connectivity index (χ0) is 0. The minimum atomic E-state index is 0. The minimum Gasteiger partial charge on any atom is -5.00 e. The predicted octanol–water partition coefficient (Wildman–Crippen LogP) is -14.3. The van der Waals surface area contributed by atoms with Gasteiger partial charge in [-0.2, -0.15) is 0 Å². The molecule has 0 aliphatic rings. The molecule has 0 nitrogen and oxygen atoms in total. The first-order chi connectivity index (χ1) is 0. The molecule has 0 unspecified atom stereocenters. The molecular weight excluding hydrogens is 147 g/mol. The van der Waals surface area contributed by atoms with Crippen LogP contribution in [-0.2, 0) is 0 Å². The third-order valence-corrected chi connectivity index (χ3v) is 0. The van der Waals surface area contributed by atoms with Crippen LogP contribution in [0.5, 0.6) is 0 Å². The van der Waals surface area contributed by atoms with Gasteiger partial charge in [-0.25, -0.2) is 0 Å². The summed E-state index contributed by atoms with van der Waals surface area (Å²) >= 11 is 0. The molecule has 0 bridgehead atoms. The molecule has 1 radical (unpaired) electrons. The summed E-state index contributed by atoms with van der Waals surface area (Å²) in [5.41, 5.74) is 0. The summed E-state index contributed by atoms with van der Waals surface area (Å²) in [6.07, 6.45) is 0. The van der Waals surface area contributed by atoms with E-state index >= 15 is 0 Å². The van der Waals surface area contributed by atoms with Gasteiger partial charge in [0, 0.05) is 0 Å². The molecule has 6 heavy (non-hydrogen) atoms. The predicted molar refractivity (Wildman–Crippen MR) is 7.59 cm³/mol. The average Bonchev–Trinajstić information content (AvgIpc) is 0. The Balaban J connectivity index is 0. The second kappa shape index (κ2) is 31.6. The van der Waals surface area contributed by atoms with Crippen molar-refractivity contribution in [3.05, 3.63) is 0 Å². The largest absolute Gasteiger partial charge is 5.00 e. The SMILES string of the molecule is [Na+].[Na+].[Na+].[Na+].[Na+].[S-5]. The average molecular weight is 147 g/mol. The molecule has 0 fully saturated rings. The van der Waals surface area contributed by atoms with Crippen LogP contribution >= 0.6 is 13.5 Å². The third kappa shape index (κ3) is 22.8. The molecule has 11 valence electrons. The Hall–Kier alpha value is 5.35. The van der Waals surface area contributed by atoms with Crippen LogP contribution in [0.25, 0.3) is 0 Å². The summed E-state index contributed by atoms with van der Waals surface area (Å²) in [6, 6.07) is 0. The monoisotopic (exact) mass is 147 g/mol. The Bertz CT molecular complexity index is 3.90. The summed E-state index contributed by atoms with van der Waals surface area (Å²) in [6.45, 7) is 0. The van der Waals surface area contributed by atoms with Gasteiger partial charge in [-0.15, -0.1) is 0 Å². The first-order valence-electron chi connectivity index (χ1n) is 0. The van der Waals surface area contributed by atoms with E-state index in [1.807, 2.05) is 0 Å². The molecule has 0 saturated heterocycles. The Morgan fingerprint density at radius 3 is 0.333 bits per heavy atom. The smallest absolute Gasteiger partial charge is 1.00 e. The summed E-state index contributed by atoms with van der Waals surface area (Å²) in [5, 5.41) is 0. The van der Waals surface area contributed by atoms with E-state index in [2.05, 4.69) is 0 Å². The molecule has 0 spiro atoms. The van der Waals surface area contributed by atoms with Gasteiger partial charge in [-0.1, -0.05) is 0 Å². The molecule has 6 heteroatoms. The molecule has 0 aromatic carbocycles. The van der Waals surface area contributed by atoms with Crippen molar-refractivity contribution < 1.29 is 148 Å². The van der Waals surface area contributed by atoms with Crippen LogP contribution < -0.4 is 148 Å². The molecule has 0 heterocycles. The van der Waals surface area contributed by atoms with E-state index < -0.39 is 0 Å². The van der Waals surface area contributed by atoms with Gasteiger partial charge >= 0.3 is 148 Å². The van der Waals surface area contributed by atoms with E-state index in [4.69, 9.17) is 0 Å². The number of rotatable bonds is 0. The van der Waals surface area contributed by atoms with Gasteiger partial charge < -0.3 is 13.5 Å². The molecule has 0 amide bonds. The van der Waals surface area contributed by atoms with Gasteiger partial charge in [0.2, 0.25) is 0 Å². The van der Waals surface area contributed by atoms with Gasteiger partial charge in [0.05, 0.1) is 0 Å². The summed E-state index contributed by atoms with van der Waals surface area (Å²) in [5.74, 6) is 0. The van der Waals surface area contributed by atoms with Crippen LogP contribution in [0.15, 0.2) is 0 Å². The molecule has 0 atom stereocenters. The molecule has 0 rings (SSSR count). The topological polar surface area (TPSA) is 0 Å². The summed E-state index contributed by atoms with van der Waals surface area (Å²) in [4.78, 5) is 0. The molecule has 0 N–H and O–H groups in total. The van der Waals surface area contributed by atoms with Crippen molar-refractivity contribution in [2.24, 2.45) is 0 Å². The van der Waals surface area contributed by atoms with E-state index in [0.717, 1.165) is 0 Å². The molecule has 0 saturated carbocycles. The maximum absolute atomic E-state index is 0. The zero-order valence-corrected chi connectivity index (χ0v) is 16.2. The van der Waals surface area contributed by atoms with Crippen LogP contribution in [0.3, 0.4) is 0 Å². The maximum Gasteiger partial charge on any atom is 1.00 e.